The van der Waals surface area contributed by atoms with Crippen LogP contribution in [0.4, 0.5) is 5.69 Å². The van der Waals surface area contributed by atoms with E-state index in [1.54, 1.807) is 75.5 Å². The van der Waals surface area contributed by atoms with Crippen molar-refractivity contribution in [2.45, 2.75) is 32.9 Å². The Labute approximate surface area is 208 Å². The van der Waals surface area contributed by atoms with Crippen molar-refractivity contribution in [1.82, 2.24) is 4.98 Å². The number of pyridine rings is 1. The molecule has 0 saturated carbocycles. The number of ether oxygens (including phenoxy) is 2. The Morgan fingerprint density at radius 1 is 1.06 bits per heavy atom. The van der Waals surface area contributed by atoms with E-state index < -0.39 is 23.7 Å². The standard InChI is InChI=1S/C28H26N2O6/c1-16(2)36-28(34)18-8-10-19(11-9-18)30-24(22-7-5-6-14-29-22)23(26(32)27(30)33)25(31)21-13-12-20(35-4)15-17(21)3/h5-16,24,31H,1-4H3/b25-23-. The quantitative estimate of drug-likeness (QED) is 0.235. The van der Waals surface area contributed by atoms with Crippen LogP contribution < -0.4 is 9.64 Å². The van der Waals surface area contributed by atoms with Gasteiger partial charge in [0.05, 0.1) is 30.0 Å². The van der Waals surface area contributed by atoms with Gasteiger partial charge in [0, 0.05) is 17.4 Å². The zero-order chi connectivity index (χ0) is 26.0. The molecule has 1 aliphatic heterocycles. The molecule has 0 radical (unpaired) electrons. The highest BCUT2D eigenvalue weighted by Crippen LogP contribution is 2.42. The van der Waals surface area contributed by atoms with Crippen LogP contribution in [0.25, 0.3) is 5.76 Å². The number of aromatic nitrogens is 1. The molecular weight excluding hydrogens is 460 g/mol. The molecule has 1 atom stereocenters. The molecule has 0 spiro atoms. The smallest absolute Gasteiger partial charge is 0.338 e. The molecule has 1 aliphatic rings. The average Bonchev–Trinajstić information content (AvgIpc) is 3.14. The first kappa shape index (κ1) is 24.7. The largest absolute Gasteiger partial charge is 0.507 e. The van der Waals surface area contributed by atoms with Crippen LogP contribution in [0.15, 0.2) is 72.4 Å². The third kappa shape index (κ3) is 4.57. The molecule has 1 fully saturated rings. The second-order valence-corrected chi connectivity index (χ2v) is 8.61. The van der Waals surface area contributed by atoms with E-state index in [1.165, 1.54) is 24.1 Å². The third-order valence-electron chi connectivity index (χ3n) is 5.82. The number of hydrogen-bond acceptors (Lipinski definition) is 7. The topological polar surface area (TPSA) is 106 Å². The Bertz CT molecular complexity index is 1350. The molecule has 2 aromatic carbocycles. The van der Waals surface area contributed by atoms with Crippen LogP contribution in [0, 0.1) is 6.92 Å². The first-order valence-electron chi connectivity index (χ1n) is 11.4. The van der Waals surface area contributed by atoms with Gasteiger partial charge >= 0.3 is 5.97 Å². The summed E-state index contributed by atoms with van der Waals surface area (Å²) in [6, 6.07) is 15.4. The van der Waals surface area contributed by atoms with E-state index in [2.05, 4.69) is 4.98 Å². The molecule has 0 aliphatic carbocycles. The molecule has 1 saturated heterocycles. The Morgan fingerprint density at radius 2 is 1.78 bits per heavy atom. The summed E-state index contributed by atoms with van der Waals surface area (Å²) in [5, 5.41) is 11.3. The molecule has 1 N–H and O–H groups in total. The number of methoxy groups -OCH3 is 1. The molecule has 36 heavy (non-hydrogen) atoms. The number of hydrogen-bond donors (Lipinski definition) is 1. The summed E-state index contributed by atoms with van der Waals surface area (Å²) in [7, 11) is 1.54. The molecular formula is C28H26N2O6. The number of ketones is 1. The summed E-state index contributed by atoms with van der Waals surface area (Å²) in [5.74, 6) is -1.84. The van der Waals surface area contributed by atoms with Gasteiger partial charge in [0.1, 0.15) is 17.6 Å². The van der Waals surface area contributed by atoms with E-state index in [9.17, 15) is 19.5 Å². The number of carbonyl (C=O) groups excluding carboxylic acids is 3. The Balaban J connectivity index is 1.84. The van der Waals surface area contributed by atoms with Crippen LogP contribution in [-0.2, 0) is 14.3 Å². The summed E-state index contributed by atoms with van der Waals surface area (Å²) in [5.41, 5.74) is 2.10. The molecule has 1 aromatic heterocycles. The lowest BCUT2D eigenvalue weighted by Crippen LogP contribution is -2.29. The SMILES string of the molecule is COc1ccc(/C(O)=C2/C(=O)C(=O)N(c3ccc(C(=O)OC(C)C)cc3)C2c2ccccn2)c(C)c1. The van der Waals surface area contributed by atoms with Crippen LogP contribution in [-0.4, -0.2) is 41.0 Å². The van der Waals surface area contributed by atoms with Gasteiger partial charge in [-0.2, -0.15) is 0 Å². The number of Topliss-reactive ketones (excluding diaryl/α,β-unsaturated/α-hetero) is 1. The maximum atomic E-state index is 13.3. The lowest BCUT2D eigenvalue weighted by Gasteiger charge is -2.25. The van der Waals surface area contributed by atoms with Gasteiger partial charge in [0.2, 0.25) is 0 Å². The van der Waals surface area contributed by atoms with Crippen molar-refractivity contribution < 1.29 is 29.0 Å². The lowest BCUT2D eigenvalue weighted by molar-refractivity contribution is -0.132. The van der Waals surface area contributed by atoms with Crippen LogP contribution in [0.3, 0.4) is 0 Å². The van der Waals surface area contributed by atoms with Gasteiger partial charge in [-0.15, -0.1) is 0 Å². The summed E-state index contributed by atoms with van der Waals surface area (Å²) in [6.45, 7) is 5.28. The monoisotopic (exact) mass is 486 g/mol. The van der Waals surface area contributed by atoms with Gasteiger partial charge in [0.25, 0.3) is 11.7 Å². The maximum Gasteiger partial charge on any atom is 0.338 e. The van der Waals surface area contributed by atoms with Crippen LogP contribution in [0.1, 0.15) is 47.1 Å². The minimum atomic E-state index is -0.971. The molecule has 1 amide bonds. The fourth-order valence-electron chi connectivity index (χ4n) is 4.13. The number of carbonyl (C=O) groups is 3. The maximum absolute atomic E-state index is 13.3. The van der Waals surface area contributed by atoms with Crippen LogP contribution >= 0.6 is 0 Å². The Hall–Kier alpha value is -4.46. The minimum Gasteiger partial charge on any atom is -0.507 e. The van der Waals surface area contributed by atoms with Gasteiger partial charge in [-0.05, 0) is 80.9 Å². The van der Waals surface area contributed by atoms with E-state index in [4.69, 9.17) is 9.47 Å². The predicted molar refractivity (Wildman–Crippen MR) is 134 cm³/mol. The fourth-order valence-corrected chi connectivity index (χ4v) is 4.13. The number of aliphatic hydroxyl groups excluding tert-OH is 1. The number of nitrogens with zero attached hydrogens (tertiary/aromatic N) is 2. The van der Waals surface area contributed by atoms with E-state index >= 15 is 0 Å². The first-order valence-corrected chi connectivity index (χ1v) is 11.4. The molecule has 8 heteroatoms. The van der Waals surface area contributed by atoms with E-state index in [1.807, 2.05) is 0 Å². The fraction of sp³-hybridized carbons (Fsp3) is 0.214. The van der Waals surface area contributed by atoms with Gasteiger partial charge in [-0.1, -0.05) is 6.07 Å². The molecule has 2 heterocycles. The average molecular weight is 487 g/mol. The van der Waals surface area contributed by atoms with Crippen molar-refractivity contribution in [3.8, 4) is 5.75 Å². The summed E-state index contributed by atoms with van der Waals surface area (Å²) >= 11 is 0. The Kier molecular flexibility index (Phi) is 6.87. The second-order valence-electron chi connectivity index (χ2n) is 8.61. The van der Waals surface area contributed by atoms with Gasteiger partial charge in [-0.3, -0.25) is 19.5 Å². The highest BCUT2D eigenvalue weighted by molar-refractivity contribution is 6.51. The molecule has 8 nitrogen and oxygen atoms in total. The first-order chi connectivity index (χ1) is 17.2. The normalized spacial score (nSPS) is 16.9. The Morgan fingerprint density at radius 3 is 2.36 bits per heavy atom. The summed E-state index contributed by atoms with van der Waals surface area (Å²) < 4.78 is 10.5. The number of rotatable bonds is 6. The summed E-state index contributed by atoms with van der Waals surface area (Å²) in [4.78, 5) is 44.5. The van der Waals surface area contributed by atoms with E-state index in [0.29, 0.717) is 33.8 Å². The van der Waals surface area contributed by atoms with Crippen molar-refractivity contribution in [2.24, 2.45) is 0 Å². The number of amides is 1. The molecule has 1 unspecified atom stereocenters. The van der Waals surface area contributed by atoms with Crippen molar-refractivity contribution in [3.63, 3.8) is 0 Å². The summed E-state index contributed by atoms with van der Waals surface area (Å²) in [6.07, 6.45) is 1.28. The number of aliphatic hydroxyl groups is 1. The zero-order valence-corrected chi connectivity index (χ0v) is 20.4. The van der Waals surface area contributed by atoms with Crippen molar-refractivity contribution in [2.75, 3.05) is 12.0 Å². The molecule has 3 aromatic rings. The van der Waals surface area contributed by atoms with Gasteiger partial charge < -0.3 is 14.6 Å². The van der Waals surface area contributed by atoms with Crippen molar-refractivity contribution in [1.29, 1.82) is 0 Å². The van der Waals surface area contributed by atoms with E-state index in [-0.39, 0.29) is 17.4 Å². The third-order valence-corrected chi connectivity index (χ3v) is 5.82. The highest BCUT2D eigenvalue weighted by Gasteiger charge is 2.47. The number of aryl methyl sites for hydroxylation is 1. The number of esters is 1. The second kappa shape index (κ2) is 10.0. The minimum absolute atomic E-state index is 0.0738. The molecule has 4 rings (SSSR count). The lowest BCUT2D eigenvalue weighted by atomic mass is 9.96. The molecule has 0 bridgehead atoms. The highest BCUT2D eigenvalue weighted by atomic mass is 16.5. The zero-order valence-electron chi connectivity index (χ0n) is 20.4. The van der Waals surface area contributed by atoms with Crippen LogP contribution in [0.5, 0.6) is 5.75 Å². The number of benzene rings is 2. The van der Waals surface area contributed by atoms with Crippen molar-refractivity contribution >= 4 is 29.1 Å². The van der Waals surface area contributed by atoms with Crippen LogP contribution in [0.2, 0.25) is 0 Å². The van der Waals surface area contributed by atoms with Crippen molar-refractivity contribution in [3.05, 3.63) is 94.8 Å². The predicted octanol–water partition coefficient (Wildman–Crippen LogP) is 4.59. The van der Waals surface area contributed by atoms with E-state index in [0.717, 1.165) is 0 Å². The number of anilines is 1. The molecule has 184 valence electrons. The van der Waals surface area contributed by atoms with Gasteiger partial charge in [-0.25, -0.2) is 4.79 Å². The van der Waals surface area contributed by atoms with Gasteiger partial charge in [0.15, 0.2) is 0 Å².